The zero-order chi connectivity index (χ0) is 19.5. The van der Waals surface area contributed by atoms with Crippen LogP contribution in [0.4, 0.5) is 0 Å². The number of benzene rings is 2. The van der Waals surface area contributed by atoms with Crippen LogP contribution in [-0.2, 0) is 0 Å². The fourth-order valence-electron chi connectivity index (χ4n) is 3.71. The minimum absolute atomic E-state index is 0.0230. The molecule has 0 spiro atoms. The topological polar surface area (TPSA) is 49.0 Å². The van der Waals surface area contributed by atoms with E-state index in [0.717, 1.165) is 25.2 Å². The molecule has 0 saturated carbocycles. The van der Waals surface area contributed by atoms with Gasteiger partial charge in [0, 0.05) is 12.7 Å². The Bertz CT molecular complexity index is 1010. The van der Waals surface area contributed by atoms with Gasteiger partial charge < -0.3 is 9.88 Å². The van der Waals surface area contributed by atoms with Gasteiger partial charge >= 0.3 is 0 Å². The summed E-state index contributed by atoms with van der Waals surface area (Å²) in [7, 11) is 0. The van der Waals surface area contributed by atoms with E-state index in [1.807, 2.05) is 18.2 Å². The highest BCUT2D eigenvalue weighted by molar-refractivity contribution is 6.42. The normalized spacial score (nSPS) is 15.6. The Hall–Kier alpha value is -2.14. The van der Waals surface area contributed by atoms with Crippen molar-refractivity contribution in [3.8, 4) is 11.1 Å². The fraction of sp³-hybridized carbons (Fsp3) is 0.273. The van der Waals surface area contributed by atoms with Gasteiger partial charge in [-0.2, -0.15) is 0 Å². The summed E-state index contributed by atoms with van der Waals surface area (Å²) < 4.78 is 0. The van der Waals surface area contributed by atoms with Crippen molar-refractivity contribution in [1.82, 2.24) is 14.9 Å². The molecule has 1 aliphatic heterocycles. The molecule has 1 saturated heterocycles. The third kappa shape index (κ3) is 4.14. The van der Waals surface area contributed by atoms with Crippen molar-refractivity contribution in [2.45, 2.75) is 18.8 Å². The first-order chi connectivity index (χ1) is 13.6. The second-order valence-corrected chi connectivity index (χ2v) is 7.93. The Labute approximate surface area is 174 Å². The number of rotatable bonds is 5. The van der Waals surface area contributed by atoms with Crippen LogP contribution >= 0.6 is 23.2 Å². The zero-order valence-corrected chi connectivity index (χ0v) is 16.9. The predicted octanol–water partition coefficient (Wildman–Crippen LogP) is 4.97. The summed E-state index contributed by atoms with van der Waals surface area (Å²) in [6.45, 7) is 3.03. The first kappa shape index (κ1) is 19.2. The summed E-state index contributed by atoms with van der Waals surface area (Å²) in [5.74, 6) is 0.710. The molecule has 28 heavy (non-hydrogen) atoms. The standard InChI is InChI=1S/C22H21Cl2N3O/c23-19-9-8-16(12-20(19)24)17-13-25-21(26-22(17)28)18(14-27-10-4-5-11-27)15-6-2-1-3-7-15/h1-3,6-9,12-13,18H,4-5,10-11,14H2,(H,25,26,28). The van der Waals surface area contributed by atoms with Crippen molar-refractivity contribution in [2.75, 3.05) is 19.6 Å². The number of nitrogens with one attached hydrogen (secondary N) is 1. The summed E-state index contributed by atoms with van der Waals surface area (Å²) in [5, 5.41) is 0.875. The summed E-state index contributed by atoms with van der Waals surface area (Å²) in [6.07, 6.45) is 4.08. The van der Waals surface area contributed by atoms with Crippen molar-refractivity contribution in [1.29, 1.82) is 0 Å². The Morgan fingerprint density at radius 1 is 1.04 bits per heavy atom. The highest BCUT2D eigenvalue weighted by Gasteiger charge is 2.23. The van der Waals surface area contributed by atoms with E-state index in [1.165, 1.54) is 12.8 Å². The molecule has 1 N–H and O–H groups in total. The van der Waals surface area contributed by atoms with E-state index >= 15 is 0 Å². The Morgan fingerprint density at radius 3 is 2.46 bits per heavy atom. The van der Waals surface area contributed by atoms with E-state index in [4.69, 9.17) is 23.2 Å². The summed E-state index contributed by atoms with van der Waals surface area (Å²) in [5.41, 5.74) is 2.16. The predicted molar refractivity (Wildman–Crippen MR) is 114 cm³/mol. The van der Waals surface area contributed by atoms with E-state index in [0.29, 0.717) is 27.0 Å². The first-order valence-electron chi connectivity index (χ1n) is 9.44. The lowest BCUT2D eigenvalue weighted by Gasteiger charge is -2.23. The molecule has 4 rings (SSSR count). The number of aromatic nitrogens is 2. The quantitative estimate of drug-likeness (QED) is 0.641. The first-order valence-corrected chi connectivity index (χ1v) is 10.2. The van der Waals surface area contributed by atoms with Crippen molar-refractivity contribution < 1.29 is 0 Å². The maximum atomic E-state index is 12.8. The molecule has 0 radical (unpaired) electrons. The van der Waals surface area contributed by atoms with Gasteiger partial charge in [0.25, 0.3) is 5.56 Å². The summed E-state index contributed by atoms with van der Waals surface area (Å²) in [6, 6.07) is 15.4. The van der Waals surface area contributed by atoms with Crippen molar-refractivity contribution in [3.05, 3.63) is 86.5 Å². The average Bonchev–Trinajstić information content (AvgIpc) is 3.22. The van der Waals surface area contributed by atoms with Gasteiger partial charge in [0.1, 0.15) is 5.82 Å². The molecular formula is C22H21Cl2N3O. The minimum Gasteiger partial charge on any atom is -0.309 e. The smallest absolute Gasteiger partial charge is 0.258 e. The monoisotopic (exact) mass is 413 g/mol. The molecule has 6 heteroatoms. The number of likely N-dealkylation sites (tertiary alicyclic amines) is 1. The second-order valence-electron chi connectivity index (χ2n) is 7.11. The lowest BCUT2D eigenvalue weighted by atomic mass is 9.97. The fourth-order valence-corrected chi connectivity index (χ4v) is 4.01. The lowest BCUT2D eigenvalue weighted by Crippen LogP contribution is -2.28. The number of nitrogens with zero attached hydrogens (tertiary/aromatic N) is 2. The molecule has 144 valence electrons. The molecule has 0 amide bonds. The van der Waals surface area contributed by atoms with Gasteiger partial charge in [0.2, 0.25) is 0 Å². The van der Waals surface area contributed by atoms with E-state index in [2.05, 4.69) is 27.0 Å². The molecule has 1 aliphatic rings. The average molecular weight is 414 g/mol. The molecule has 1 unspecified atom stereocenters. The lowest BCUT2D eigenvalue weighted by molar-refractivity contribution is 0.323. The van der Waals surface area contributed by atoms with E-state index in [-0.39, 0.29) is 11.5 Å². The molecule has 0 bridgehead atoms. The molecule has 2 heterocycles. The molecule has 1 fully saturated rings. The third-order valence-electron chi connectivity index (χ3n) is 5.22. The highest BCUT2D eigenvalue weighted by atomic mass is 35.5. The van der Waals surface area contributed by atoms with E-state index in [9.17, 15) is 4.79 Å². The maximum Gasteiger partial charge on any atom is 0.258 e. The summed E-state index contributed by atoms with van der Waals surface area (Å²) in [4.78, 5) is 22.9. The van der Waals surface area contributed by atoms with Crippen LogP contribution in [0.2, 0.25) is 10.0 Å². The Morgan fingerprint density at radius 2 is 1.79 bits per heavy atom. The number of aromatic amines is 1. The second kappa shape index (κ2) is 8.48. The van der Waals surface area contributed by atoms with E-state index < -0.39 is 0 Å². The van der Waals surface area contributed by atoms with Crippen LogP contribution in [0.15, 0.2) is 59.5 Å². The minimum atomic E-state index is -0.175. The van der Waals surface area contributed by atoms with Gasteiger partial charge in [-0.25, -0.2) is 4.98 Å². The number of H-pyrrole nitrogens is 1. The largest absolute Gasteiger partial charge is 0.309 e. The molecule has 3 aromatic rings. The molecule has 1 atom stereocenters. The third-order valence-corrected chi connectivity index (χ3v) is 5.96. The van der Waals surface area contributed by atoms with Crippen LogP contribution < -0.4 is 5.56 Å². The molecule has 0 aliphatic carbocycles. The van der Waals surface area contributed by atoms with Gasteiger partial charge in [-0.05, 0) is 49.2 Å². The Balaban J connectivity index is 1.69. The zero-order valence-electron chi connectivity index (χ0n) is 15.4. The van der Waals surface area contributed by atoms with Gasteiger partial charge in [-0.15, -0.1) is 0 Å². The SMILES string of the molecule is O=c1[nH]c(C(CN2CCCC2)c2ccccc2)ncc1-c1ccc(Cl)c(Cl)c1. The van der Waals surface area contributed by atoms with Crippen LogP contribution in [0.1, 0.15) is 30.1 Å². The Kier molecular flexibility index (Phi) is 5.81. The summed E-state index contributed by atoms with van der Waals surface area (Å²) >= 11 is 12.1. The van der Waals surface area contributed by atoms with Crippen LogP contribution in [-0.4, -0.2) is 34.5 Å². The van der Waals surface area contributed by atoms with E-state index in [1.54, 1.807) is 24.4 Å². The molecular weight excluding hydrogens is 393 g/mol. The van der Waals surface area contributed by atoms with Gasteiger partial charge in [0.15, 0.2) is 0 Å². The van der Waals surface area contributed by atoms with Gasteiger partial charge in [-0.1, -0.05) is 59.6 Å². The van der Waals surface area contributed by atoms with Crippen molar-refractivity contribution >= 4 is 23.2 Å². The molecule has 2 aromatic carbocycles. The van der Waals surface area contributed by atoms with Crippen molar-refractivity contribution in [2.24, 2.45) is 0 Å². The number of hydrogen-bond donors (Lipinski definition) is 1. The van der Waals surface area contributed by atoms with Crippen LogP contribution in [0.3, 0.4) is 0 Å². The number of halogens is 2. The van der Waals surface area contributed by atoms with Gasteiger partial charge in [-0.3, -0.25) is 4.79 Å². The van der Waals surface area contributed by atoms with Crippen LogP contribution in [0, 0.1) is 0 Å². The molecule has 1 aromatic heterocycles. The van der Waals surface area contributed by atoms with Crippen molar-refractivity contribution in [3.63, 3.8) is 0 Å². The maximum absolute atomic E-state index is 12.8. The highest BCUT2D eigenvalue weighted by Crippen LogP contribution is 2.28. The van der Waals surface area contributed by atoms with Gasteiger partial charge in [0.05, 0.1) is 21.5 Å². The molecule has 4 nitrogen and oxygen atoms in total. The van der Waals surface area contributed by atoms with Crippen LogP contribution in [0.25, 0.3) is 11.1 Å². The number of hydrogen-bond acceptors (Lipinski definition) is 3. The van der Waals surface area contributed by atoms with Crippen LogP contribution in [0.5, 0.6) is 0 Å².